The molecular weight excluding hydrogens is 236 g/mol. The van der Waals surface area contributed by atoms with Gasteiger partial charge in [0, 0.05) is 15.5 Å². The van der Waals surface area contributed by atoms with Gasteiger partial charge < -0.3 is 20.5 Å². The maximum absolute atomic E-state index is 11.6. The molecule has 0 aliphatic heterocycles. The van der Waals surface area contributed by atoms with Gasteiger partial charge in [-0.25, -0.2) is 9.59 Å². The highest BCUT2D eigenvalue weighted by molar-refractivity contribution is 5.67. The number of rotatable bonds is 7. The van der Waals surface area contributed by atoms with Crippen LogP contribution in [0.2, 0.25) is 0 Å². The van der Waals surface area contributed by atoms with Crippen LogP contribution < -0.4 is 11.1 Å². The zero-order chi connectivity index (χ0) is 17.6. The highest BCUT2D eigenvalue weighted by Gasteiger charge is 2.27. The van der Waals surface area contributed by atoms with Crippen LogP contribution in [0.1, 0.15) is 45.9 Å². The van der Waals surface area contributed by atoms with Crippen molar-refractivity contribution in [3.8, 4) is 0 Å². The number of primary amides is 1. The molecular formula is C12H24N2O4. The highest BCUT2D eigenvalue weighted by Crippen LogP contribution is 2.24. The standard InChI is InChI=1S/C12H24N2O4/c1-5-6-12(4,7-17-10(13)15)8-18-11(16)14-9(2)3/h9H,5-8H2,1-4H3,(H2,13,15)(H,14,16)/i4D3,9D. The summed E-state index contributed by atoms with van der Waals surface area (Å²) in [6.07, 6.45) is -1.38. The van der Waals surface area contributed by atoms with Crippen LogP contribution in [0.15, 0.2) is 0 Å². The smallest absolute Gasteiger partial charge is 0.407 e. The molecule has 0 aromatic rings. The molecule has 0 radical (unpaired) electrons. The first-order valence-corrected chi connectivity index (χ1v) is 5.70. The monoisotopic (exact) mass is 264 g/mol. The summed E-state index contributed by atoms with van der Waals surface area (Å²) in [4.78, 5) is 22.4. The lowest BCUT2D eigenvalue weighted by molar-refractivity contribution is 0.0333. The maximum Gasteiger partial charge on any atom is 0.407 e. The highest BCUT2D eigenvalue weighted by atomic mass is 16.6. The molecule has 0 aromatic carbocycles. The molecule has 18 heavy (non-hydrogen) atoms. The number of nitrogens with two attached hydrogens (primary N) is 1. The van der Waals surface area contributed by atoms with Gasteiger partial charge in [0.25, 0.3) is 0 Å². The molecule has 0 aliphatic rings. The van der Waals surface area contributed by atoms with Crippen molar-refractivity contribution in [3.63, 3.8) is 0 Å². The molecule has 3 N–H and O–H groups in total. The molecule has 0 heterocycles. The average Bonchev–Trinajstić information content (AvgIpc) is 2.29. The first-order valence-electron chi connectivity index (χ1n) is 7.70. The van der Waals surface area contributed by atoms with Crippen LogP contribution in [-0.4, -0.2) is 31.4 Å². The lowest BCUT2D eigenvalue weighted by Crippen LogP contribution is -2.37. The molecule has 0 spiro atoms. The van der Waals surface area contributed by atoms with E-state index in [2.05, 4.69) is 10.1 Å². The summed E-state index contributed by atoms with van der Waals surface area (Å²) in [6, 6.07) is -1.26. The van der Waals surface area contributed by atoms with Crippen LogP contribution in [0.4, 0.5) is 9.59 Å². The summed E-state index contributed by atoms with van der Waals surface area (Å²) in [5, 5.41) is 2.24. The first kappa shape index (κ1) is 10.5. The van der Waals surface area contributed by atoms with Gasteiger partial charge in [0.05, 0.1) is 1.37 Å². The van der Waals surface area contributed by atoms with Gasteiger partial charge in [-0.15, -0.1) is 0 Å². The summed E-state index contributed by atoms with van der Waals surface area (Å²) < 4.78 is 40.1. The molecule has 106 valence electrons. The van der Waals surface area contributed by atoms with Gasteiger partial charge in [-0.1, -0.05) is 20.2 Å². The van der Waals surface area contributed by atoms with E-state index in [-0.39, 0.29) is 6.42 Å². The Morgan fingerprint density at radius 2 is 2.06 bits per heavy atom. The van der Waals surface area contributed by atoms with Crippen LogP contribution in [0.3, 0.4) is 0 Å². The Bertz CT molecular complexity index is 396. The number of hydrogen-bond acceptors (Lipinski definition) is 4. The number of amides is 2. The quantitative estimate of drug-likeness (QED) is 0.736. The van der Waals surface area contributed by atoms with E-state index in [1.807, 2.05) is 0 Å². The topological polar surface area (TPSA) is 90.7 Å². The molecule has 0 rings (SSSR count). The number of carbonyl (C=O) groups is 2. The lowest BCUT2D eigenvalue weighted by Gasteiger charge is -2.27. The molecule has 6 nitrogen and oxygen atoms in total. The summed E-state index contributed by atoms with van der Waals surface area (Å²) in [5.41, 5.74) is 3.35. The molecule has 0 saturated carbocycles. The van der Waals surface area contributed by atoms with Crippen molar-refractivity contribution in [1.29, 1.82) is 0 Å². The molecule has 6 heteroatoms. The van der Waals surface area contributed by atoms with E-state index in [9.17, 15) is 9.59 Å². The van der Waals surface area contributed by atoms with Crippen LogP contribution in [-0.2, 0) is 9.47 Å². The first-order chi connectivity index (χ1) is 9.83. The molecule has 2 amide bonds. The van der Waals surface area contributed by atoms with Crippen LogP contribution in [0.5, 0.6) is 0 Å². The van der Waals surface area contributed by atoms with Crippen molar-refractivity contribution in [3.05, 3.63) is 0 Å². The fraction of sp³-hybridized carbons (Fsp3) is 0.833. The predicted molar refractivity (Wildman–Crippen MR) is 68.2 cm³/mol. The van der Waals surface area contributed by atoms with E-state index in [0.717, 1.165) is 0 Å². The summed E-state index contributed by atoms with van der Waals surface area (Å²) in [6.45, 7) is 1.16. The fourth-order valence-electron chi connectivity index (χ4n) is 1.32. The minimum absolute atomic E-state index is 0.147. The van der Waals surface area contributed by atoms with E-state index in [4.69, 9.17) is 16.0 Å². The van der Waals surface area contributed by atoms with Crippen molar-refractivity contribution in [2.45, 2.75) is 46.5 Å². The summed E-state index contributed by atoms with van der Waals surface area (Å²) >= 11 is 0. The van der Waals surface area contributed by atoms with Gasteiger partial charge in [0.2, 0.25) is 0 Å². The molecule has 0 saturated heterocycles. The maximum atomic E-state index is 11.6. The van der Waals surface area contributed by atoms with E-state index >= 15 is 0 Å². The normalized spacial score (nSPS) is 18.4. The fourth-order valence-corrected chi connectivity index (χ4v) is 1.32. The largest absolute Gasteiger partial charge is 0.449 e. The van der Waals surface area contributed by atoms with Gasteiger partial charge in [-0.05, 0) is 20.3 Å². The van der Waals surface area contributed by atoms with Crippen molar-refractivity contribution >= 4 is 12.2 Å². The van der Waals surface area contributed by atoms with E-state index in [1.54, 1.807) is 6.92 Å². The Morgan fingerprint density at radius 1 is 1.44 bits per heavy atom. The van der Waals surface area contributed by atoms with Gasteiger partial charge >= 0.3 is 12.2 Å². The van der Waals surface area contributed by atoms with Crippen LogP contribution in [0.25, 0.3) is 0 Å². The predicted octanol–water partition coefficient (Wildman–Crippen LogP) is 2.02. The van der Waals surface area contributed by atoms with Crippen LogP contribution >= 0.6 is 0 Å². The van der Waals surface area contributed by atoms with Crippen molar-refractivity contribution in [2.75, 3.05) is 13.2 Å². The van der Waals surface area contributed by atoms with Gasteiger partial charge in [-0.3, -0.25) is 0 Å². The molecule has 1 atom stereocenters. The Morgan fingerprint density at radius 3 is 2.50 bits per heavy atom. The number of ether oxygens (including phenoxy) is 2. The molecule has 0 fully saturated rings. The van der Waals surface area contributed by atoms with E-state index in [1.165, 1.54) is 13.8 Å². The second-order valence-electron chi connectivity index (χ2n) is 4.34. The zero-order valence-corrected chi connectivity index (χ0v) is 11.0. The zero-order valence-electron chi connectivity index (χ0n) is 15.0. The Kier molecular flexibility index (Phi) is 4.53. The Labute approximate surface area is 114 Å². The minimum Gasteiger partial charge on any atom is -0.449 e. The second kappa shape index (κ2) is 7.79. The number of hydrogen-bond donors (Lipinski definition) is 2. The number of nitrogens with one attached hydrogen (secondary N) is 1. The molecule has 0 aromatic heterocycles. The van der Waals surface area contributed by atoms with Gasteiger partial charge in [0.15, 0.2) is 0 Å². The number of carbonyl (C=O) groups excluding carboxylic acids is 2. The van der Waals surface area contributed by atoms with Crippen molar-refractivity contribution < 1.29 is 24.5 Å². The Balaban J connectivity index is 5.05. The minimum atomic E-state index is -2.52. The third-order valence-corrected chi connectivity index (χ3v) is 2.05. The van der Waals surface area contributed by atoms with Gasteiger partial charge in [0.1, 0.15) is 13.2 Å². The van der Waals surface area contributed by atoms with Crippen LogP contribution in [0, 0.1) is 5.41 Å². The van der Waals surface area contributed by atoms with E-state index < -0.39 is 43.7 Å². The third-order valence-electron chi connectivity index (χ3n) is 2.05. The van der Waals surface area contributed by atoms with Crippen molar-refractivity contribution in [1.82, 2.24) is 5.32 Å². The summed E-state index contributed by atoms with van der Waals surface area (Å²) in [7, 11) is 0. The Hall–Kier alpha value is -1.46. The lowest BCUT2D eigenvalue weighted by atomic mass is 9.87. The van der Waals surface area contributed by atoms with Crippen molar-refractivity contribution in [2.24, 2.45) is 11.1 Å². The third kappa shape index (κ3) is 7.76. The van der Waals surface area contributed by atoms with Gasteiger partial charge in [-0.2, -0.15) is 0 Å². The molecule has 0 bridgehead atoms. The average molecular weight is 264 g/mol. The number of alkyl carbamates (subject to hydrolysis) is 1. The molecule has 0 aliphatic carbocycles. The van der Waals surface area contributed by atoms with E-state index in [0.29, 0.717) is 6.42 Å². The second-order valence-corrected chi connectivity index (χ2v) is 4.34. The SMILES string of the molecule is [2H]C(C)(C)NC(=O)OCC(CCC)(COC(N)=O)C([2H])([2H])[2H]. The molecule has 1 unspecified atom stereocenters. The summed E-state index contributed by atoms with van der Waals surface area (Å²) in [5.74, 6) is 0.